The minimum atomic E-state index is -0.118. The molecule has 0 heterocycles. The van der Waals surface area contributed by atoms with E-state index in [4.69, 9.17) is 5.73 Å². The van der Waals surface area contributed by atoms with Crippen molar-refractivity contribution in [2.75, 3.05) is 17.2 Å². The SMILES string of the molecule is CCC(C)CNC(=O)N(Cc1ccccc1)c1ccccc1N. The number of carbonyl (C=O) groups is 1. The molecule has 0 saturated carbocycles. The summed E-state index contributed by atoms with van der Waals surface area (Å²) >= 11 is 0. The first-order valence-corrected chi connectivity index (χ1v) is 8.05. The van der Waals surface area contributed by atoms with Crippen LogP contribution in [0.3, 0.4) is 0 Å². The molecule has 1 atom stereocenters. The fraction of sp³-hybridized carbons (Fsp3) is 0.316. The third-order valence-corrected chi connectivity index (χ3v) is 3.95. The molecule has 122 valence electrons. The number of anilines is 2. The molecule has 0 aliphatic carbocycles. The molecule has 4 nitrogen and oxygen atoms in total. The average molecular weight is 311 g/mol. The number of rotatable bonds is 6. The molecule has 0 aromatic heterocycles. The van der Waals surface area contributed by atoms with Crippen LogP contribution in [0.25, 0.3) is 0 Å². The van der Waals surface area contributed by atoms with Gasteiger partial charge in [0, 0.05) is 6.54 Å². The number of benzene rings is 2. The number of nitrogens with zero attached hydrogens (tertiary/aromatic N) is 1. The molecule has 2 amide bonds. The molecule has 0 aliphatic heterocycles. The lowest BCUT2D eigenvalue weighted by Gasteiger charge is -2.25. The van der Waals surface area contributed by atoms with Crippen LogP contribution in [0.1, 0.15) is 25.8 Å². The number of nitrogen functional groups attached to an aromatic ring is 1. The van der Waals surface area contributed by atoms with Crippen molar-refractivity contribution in [1.82, 2.24) is 5.32 Å². The van der Waals surface area contributed by atoms with Gasteiger partial charge in [-0.05, 0) is 23.6 Å². The normalized spacial score (nSPS) is 11.7. The fourth-order valence-corrected chi connectivity index (χ4v) is 2.27. The topological polar surface area (TPSA) is 58.4 Å². The number of nitrogens with one attached hydrogen (secondary N) is 1. The largest absolute Gasteiger partial charge is 0.397 e. The van der Waals surface area contributed by atoms with Crippen LogP contribution in [0.2, 0.25) is 0 Å². The minimum Gasteiger partial charge on any atom is -0.397 e. The van der Waals surface area contributed by atoms with Gasteiger partial charge in [-0.15, -0.1) is 0 Å². The molecule has 0 bridgehead atoms. The van der Waals surface area contributed by atoms with Gasteiger partial charge in [-0.25, -0.2) is 4.79 Å². The lowest BCUT2D eigenvalue weighted by Crippen LogP contribution is -2.41. The van der Waals surface area contributed by atoms with Gasteiger partial charge in [0.05, 0.1) is 17.9 Å². The summed E-state index contributed by atoms with van der Waals surface area (Å²) in [6.45, 7) is 5.39. The van der Waals surface area contributed by atoms with E-state index in [1.54, 1.807) is 4.90 Å². The van der Waals surface area contributed by atoms with Gasteiger partial charge >= 0.3 is 6.03 Å². The third-order valence-electron chi connectivity index (χ3n) is 3.95. The van der Waals surface area contributed by atoms with E-state index in [-0.39, 0.29) is 6.03 Å². The van der Waals surface area contributed by atoms with E-state index in [0.717, 1.165) is 17.7 Å². The van der Waals surface area contributed by atoms with E-state index in [9.17, 15) is 4.79 Å². The maximum absolute atomic E-state index is 12.7. The zero-order valence-corrected chi connectivity index (χ0v) is 13.8. The highest BCUT2D eigenvalue weighted by molar-refractivity contribution is 5.95. The highest BCUT2D eigenvalue weighted by atomic mass is 16.2. The van der Waals surface area contributed by atoms with Gasteiger partial charge in [0.25, 0.3) is 0 Å². The van der Waals surface area contributed by atoms with Gasteiger partial charge in [0.15, 0.2) is 0 Å². The molecule has 2 aromatic carbocycles. The molecule has 2 rings (SSSR count). The Morgan fingerprint density at radius 1 is 1.13 bits per heavy atom. The predicted molar refractivity (Wildman–Crippen MR) is 96.3 cm³/mol. The number of urea groups is 1. The molecule has 0 saturated heterocycles. The summed E-state index contributed by atoms with van der Waals surface area (Å²) in [6, 6.07) is 17.3. The van der Waals surface area contributed by atoms with Crippen LogP contribution in [-0.2, 0) is 6.54 Å². The van der Waals surface area contributed by atoms with Crippen molar-refractivity contribution in [1.29, 1.82) is 0 Å². The first-order valence-electron chi connectivity index (χ1n) is 8.05. The molecular weight excluding hydrogens is 286 g/mol. The highest BCUT2D eigenvalue weighted by Crippen LogP contribution is 2.24. The van der Waals surface area contributed by atoms with Crippen LogP contribution in [0.15, 0.2) is 54.6 Å². The second-order valence-corrected chi connectivity index (χ2v) is 5.83. The molecule has 2 aromatic rings. The molecule has 0 aliphatic rings. The van der Waals surface area contributed by atoms with Crippen LogP contribution >= 0.6 is 0 Å². The van der Waals surface area contributed by atoms with Gasteiger partial charge in [0.1, 0.15) is 0 Å². The summed E-state index contributed by atoms with van der Waals surface area (Å²) < 4.78 is 0. The van der Waals surface area contributed by atoms with Gasteiger partial charge in [-0.3, -0.25) is 4.90 Å². The van der Waals surface area contributed by atoms with Crippen LogP contribution in [-0.4, -0.2) is 12.6 Å². The Labute approximate surface area is 138 Å². The predicted octanol–water partition coefficient (Wildman–Crippen LogP) is 4.03. The fourth-order valence-electron chi connectivity index (χ4n) is 2.27. The number of hydrogen-bond donors (Lipinski definition) is 2. The maximum atomic E-state index is 12.7. The molecule has 23 heavy (non-hydrogen) atoms. The maximum Gasteiger partial charge on any atom is 0.322 e. The van der Waals surface area contributed by atoms with Crippen molar-refractivity contribution >= 4 is 17.4 Å². The van der Waals surface area contributed by atoms with Crippen molar-refractivity contribution in [2.24, 2.45) is 5.92 Å². The first-order chi connectivity index (χ1) is 11.1. The van der Waals surface area contributed by atoms with Gasteiger partial charge in [-0.1, -0.05) is 62.7 Å². The Morgan fingerprint density at radius 2 is 1.78 bits per heavy atom. The quantitative estimate of drug-likeness (QED) is 0.791. The Bertz CT molecular complexity index is 628. The van der Waals surface area contributed by atoms with Crippen molar-refractivity contribution in [3.05, 3.63) is 60.2 Å². The Hall–Kier alpha value is -2.49. The number of amides is 2. The minimum absolute atomic E-state index is 0.118. The van der Waals surface area contributed by atoms with E-state index in [0.29, 0.717) is 24.7 Å². The number of nitrogens with two attached hydrogens (primary N) is 1. The smallest absolute Gasteiger partial charge is 0.322 e. The summed E-state index contributed by atoms with van der Waals surface area (Å²) in [5, 5.41) is 3.01. The summed E-state index contributed by atoms with van der Waals surface area (Å²) in [7, 11) is 0. The Kier molecular flexibility index (Phi) is 6.03. The zero-order chi connectivity index (χ0) is 16.7. The van der Waals surface area contributed by atoms with Crippen molar-refractivity contribution < 1.29 is 4.79 Å². The summed E-state index contributed by atoms with van der Waals surface area (Å²) in [5.74, 6) is 0.450. The number of hydrogen-bond acceptors (Lipinski definition) is 2. The highest BCUT2D eigenvalue weighted by Gasteiger charge is 2.18. The van der Waals surface area contributed by atoms with E-state index in [1.165, 1.54) is 0 Å². The number of carbonyl (C=O) groups excluding carboxylic acids is 1. The molecule has 0 radical (unpaired) electrons. The van der Waals surface area contributed by atoms with E-state index in [1.807, 2.05) is 54.6 Å². The lowest BCUT2D eigenvalue weighted by atomic mass is 10.1. The lowest BCUT2D eigenvalue weighted by molar-refractivity contribution is 0.244. The molecule has 3 N–H and O–H groups in total. The van der Waals surface area contributed by atoms with Crippen molar-refractivity contribution in [3.63, 3.8) is 0 Å². The average Bonchev–Trinajstić information content (AvgIpc) is 2.59. The van der Waals surface area contributed by atoms with E-state index in [2.05, 4.69) is 19.2 Å². The second kappa shape index (κ2) is 8.22. The van der Waals surface area contributed by atoms with Gasteiger partial charge in [0.2, 0.25) is 0 Å². The van der Waals surface area contributed by atoms with Crippen LogP contribution < -0.4 is 16.0 Å². The summed E-state index contributed by atoms with van der Waals surface area (Å²) in [5.41, 5.74) is 8.47. The zero-order valence-electron chi connectivity index (χ0n) is 13.8. The van der Waals surface area contributed by atoms with Crippen LogP contribution in [0, 0.1) is 5.92 Å². The number of para-hydroxylation sites is 2. The van der Waals surface area contributed by atoms with Gasteiger partial charge < -0.3 is 11.1 Å². The molecule has 0 spiro atoms. The molecule has 4 heteroatoms. The summed E-state index contributed by atoms with van der Waals surface area (Å²) in [6.07, 6.45) is 1.03. The van der Waals surface area contributed by atoms with Crippen molar-refractivity contribution in [2.45, 2.75) is 26.8 Å². The first kappa shape index (κ1) is 16.9. The Balaban J connectivity index is 2.21. The molecular formula is C19H25N3O. The van der Waals surface area contributed by atoms with Crippen LogP contribution in [0.5, 0.6) is 0 Å². The van der Waals surface area contributed by atoms with Crippen LogP contribution in [0.4, 0.5) is 16.2 Å². The second-order valence-electron chi connectivity index (χ2n) is 5.83. The standard InChI is InChI=1S/C19H25N3O/c1-3-15(2)13-21-19(23)22(14-16-9-5-4-6-10-16)18-12-8-7-11-17(18)20/h4-12,15H,3,13-14,20H2,1-2H3,(H,21,23). The van der Waals surface area contributed by atoms with Crippen molar-refractivity contribution in [3.8, 4) is 0 Å². The van der Waals surface area contributed by atoms with E-state index < -0.39 is 0 Å². The van der Waals surface area contributed by atoms with E-state index >= 15 is 0 Å². The molecule has 1 unspecified atom stereocenters. The monoisotopic (exact) mass is 311 g/mol. The third kappa shape index (κ3) is 4.74. The Morgan fingerprint density at radius 3 is 2.43 bits per heavy atom. The van der Waals surface area contributed by atoms with Gasteiger partial charge in [-0.2, -0.15) is 0 Å². The summed E-state index contributed by atoms with van der Waals surface area (Å²) in [4.78, 5) is 14.4. The molecule has 0 fully saturated rings.